The summed E-state index contributed by atoms with van der Waals surface area (Å²) in [5.74, 6) is 1.18. The molecule has 7 heteroatoms. The topological polar surface area (TPSA) is 59.6 Å². The van der Waals surface area contributed by atoms with Gasteiger partial charge in [-0.3, -0.25) is 4.79 Å². The van der Waals surface area contributed by atoms with Gasteiger partial charge in [0.1, 0.15) is 0 Å². The van der Waals surface area contributed by atoms with Crippen LogP contribution in [0, 0.1) is 0 Å². The second-order valence-corrected chi connectivity index (χ2v) is 8.14. The fourth-order valence-electron chi connectivity index (χ4n) is 2.84. The van der Waals surface area contributed by atoms with E-state index in [9.17, 15) is 4.79 Å². The van der Waals surface area contributed by atoms with Crippen LogP contribution < -0.4 is 20.1 Å². The maximum Gasteiger partial charge on any atom is 0.260 e. The maximum absolute atomic E-state index is 12.4. The first-order valence-electron chi connectivity index (χ1n) is 9.09. The highest BCUT2D eigenvalue weighted by atomic mass is 79.9. The molecule has 0 bridgehead atoms. The van der Waals surface area contributed by atoms with E-state index < -0.39 is 0 Å². The van der Waals surface area contributed by atoms with Crippen molar-refractivity contribution in [3.8, 4) is 11.5 Å². The fraction of sp³-hybridized carbons (Fsp3) is 0.286. The van der Waals surface area contributed by atoms with Gasteiger partial charge in [-0.1, -0.05) is 30.8 Å². The van der Waals surface area contributed by atoms with Gasteiger partial charge >= 0.3 is 0 Å². The van der Waals surface area contributed by atoms with Crippen LogP contribution in [-0.4, -0.2) is 25.1 Å². The lowest BCUT2D eigenvalue weighted by atomic mass is 10.1. The van der Waals surface area contributed by atoms with Gasteiger partial charge in [0.25, 0.3) is 5.91 Å². The Kier molecular flexibility index (Phi) is 6.91. The van der Waals surface area contributed by atoms with Crippen molar-refractivity contribution >= 4 is 45.4 Å². The molecule has 1 atom stereocenters. The third-order valence-electron chi connectivity index (χ3n) is 4.22. The summed E-state index contributed by atoms with van der Waals surface area (Å²) in [5.41, 5.74) is 2.91. The predicted octanol–water partition coefficient (Wildman–Crippen LogP) is 5.02. The van der Waals surface area contributed by atoms with Crippen molar-refractivity contribution in [1.29, 1.82) is 0 Å². The Hall–Kier alpha value is -2.12. The highest BCUT2D eigenvalue weighted by Crippen LogP contribution is 2.38. The van der Waals surface area contributed by atoms with Crippen molar-refractivity contribution < 1.29 is 14.3 Å². The lowest BCUT2D eigenvalue weighted by Crippen LogP contribution is -2.30. The number of hydrogen-bond donors (Lipinski definition) is 2. The van der Waals surface area contributed by atoms with Crippen LogP contribution >= 0.6 is 27.7 Å². The highest BCUT2D eigenvalue weighted by Gasteiger charge is 2.27. The van der Waals surface area contributed by atoms with Crippen molar-refractivity contribution in [2.45, 2.75) is 25.8 Å². The molecular formula is C21H23BrN2O3S. The number of nitrogens with one attached hydrogen (secondary N) is 2. The Bertz CT molecular complexity index is 884. The maximum atomic E-state index is 12.4. The van der Waals surface area contributed by atoms with Gasteiger partial charge < -0.3 is 20.1 Å². The number of methoxy groups -OCH3 is 1. The van der Waals surface area contributed by atoms with Gasteiger partial charge in [-0.05, 0) is 70.7 Å². The largest absolute Gasteiger partial charge is 0.492 e. The van der Waals surface area contributed by atoms with E-state index in [1.165, 1.54) is 17.3 Å². The van der Waals surface area contributed by atoms with Crippen molar-refractivity contribution in [2.24, 2.45) is 0 Å². The molecule has 1 fully saturated rings. The van der Waals surface area contributed by atoms with Crippen LogP contribution in [0.2, 0.25) is 0 Å². The minimum Gasteiger partial charge on any atom is -0.492 e. The predicted molar refractivity (Wildman–Crippen MR) is 119 cm³/mol. The first-order chi connectivity index (χ1) is 13.5. The summed E-state index contributed by atoms with van der Waals surface area (Å²) >= 11 is 4.96. The van der Waals surface area contributed by atoms with Crippen LogP contribution in [0.4, 0.5) is 5.69 Å². The number of amides is 1. The van der Waals surface area contributed by atoms with Crippen LogP contribution in [0.1, 0.15) is 25.0 Å². The molecule has 148 valence electrons. The molecule has 1 heterocycles. The Labute approximate surface area is 178 Å². The standard InChI is InChI=1S/C21H23BrN2O3S/c1-4-13-6-8-15(9-7-13)23-21-24-20(25)18(28-21)12-14-10-16(22)19(26-3)17(11-14)27-5-2/h6-12,21,23H,4-5H2,1-3H3,(H,24,25)/b18-12-/t21-/m1/s1. The molecule has 0 aliphatic carbocycles. The average molecular weight is 463 g/mol. The Balaban J connectivity index is 1.76. The number of thioether (sulfide) groups is 1. The number of halogens is 1. The van der Waals surface area contributed by atoms with E-state index in [4.69, 9.17) is 9.47 Å². The molecule has 2 aromatic rings. The molecule has 0 radical (unpaired) electrons. The van der Waals surface area contributed by atoms with Gasteiger partial charge in [0.15, 0.2) is 17.0 Å². The van der Waals surface area contributed by atoms with Crippen molar-refractivity contribution in [3.05, 3.63) is 56.9 Å². The van der Waals surface area contributed by atoms with Gasteiger partial charge in [-0.2, -0.15) is 0 Å². The molecule has 5 nitrogen and oxygen atoms in total. The Morgan fingerprint density at radius 3 is 2.64 bits per heavy atom. The number of carbonyl (C=O) groups is 1. The Morgan fingerprint density at radius 1 is 1.25 bits per heavy atom. The minimum absolute atomic E-state index is 0.0995. The summed E-state index contributed by atoms with van der Waals surface area (Å²) in [6, 6.07) is 12.0. The molecule has 0 aromatic heterocycles. The highest BCUT2D eigenvalue weighted by molar-refractivity contribution is 9.10. The molecule has 0 saturated carbocycles. The first kappa shape index (κ1) is 20.6. The van der Waals surface area contributed by atoms with E-state index in [1.807, 2.05) is 37.3 Å². The summed E-state index contributed by atoms with van der Waals surface area (Å²) in [6.45, 7) is 4.57. The van der Waals surface area contributed by atoms with E-state index in [0.29, 0.717) is 23.0 Å². The molecule has 3 rings (SSSR count). The first-order valence-corrected chi connectivity index (χ1v) is 10.8. The second-order valence-electron chi connectivity index (χ2n) is 6.14. The number of ether oxygens (including phenoxy) is 2. The molecular weight excluding hydrogens is 440 g/mol. The van der Waals surface area contributed by atoms with Crippen molar-refractivity contribution in [1.82, 2.24) is 5.32 Å². The number of aryl methyl sites for hydroxylation is 1. The molecule has 0 spiro atoms. The lowest BCUT2D eigenvalue weighted by Gasteiger charge is -2.13. The van der Waals surface area contributed by atoms with Crippen LogP contribution in [0.3, 0.4) is 0 Å². The van der Waals surface area contributed by atoms with Gasteiger partial charge in [0.2, 0.25) is 0 Å². The summed E-state index contributed by atoms with van der Waals surface area (Å²) in [7, 11) is 1.60. The molecule has 28 heavy (non-hydrogen) atoms. The monoisotopic (exact) mass is 462 g/mol. The molecule has 1 saturated heterocycles. The number of hydrogen-bond acceptors (Lipinski definition) is 5. The minimum atomic E-state index is -0.209. The Morgan fingerprint density at radius 2 is 2.00 bits per heavy atom. The fourth-order valence-corrected chi connectivity index (χ4v) is 4.44. The SMILES string of the molecule is CCOc1cc(/C=C2\S[C@H](Nc3ccc(CC)cc3)NC2=O)cc(Br)c1OC. The molecule has 2 N–H and O–H groups in total. The third kappa shape index (κ3) is 4.83. The molecule has 0 unspecified atom stereocenters. The summed E-state index contributed by atoms with van der Waals surface area (Å²) in [6.07, 6.45) is 2.86. The van der Waals surface area contributed by atoms with Crippen LogP contribution in [-0.2, 0) is 11.2 Å². The van der Waals surface area contributed by atoms with E-state index >= 15 is 0 Å². The van der Waals surface area contributed by atoms with E-state index in [-0.39, 0.29) is 11.4 Å². The second kappa shape index (κ2) is 9.39. The molecule has 1 aliphatic rings. The van der Waals surface area contributed by atoms with E-state index in [0.717, 1.165) is 22.1 Å². The molecule has 1 aliphatic heterocycles. The number of benzene rings is 2. The summed E-state index contributed by atoms with van der Waals surface area (Å²) < 4.78 is 11.8. The zero-order valence-electron chi connectivity index (χ0n) is 16.0. The average Bonchev–Trinajstić information content (AvgIpc) is 3.01. The van der Waals surface area contributed by atoms with Crippen molar-refractivity contribution in [2.75, 3.05) is 19.0 Å². The number of carbonyl (C=O) groups excluding carboxylic acids is 1. The van der Waals surface area contributed by atoms with E-state index in [2.05, 4.69) is 45.6 Å². The number of anilines is 1. The number of rotatable bonds is 7. The zero-order valence-corrected chi connectivity index (χ0v) is 18.4. The van der Waals surface area contributed by atoms with Crippen LogP contribution in [0.25, 0.3) is 6.08 Å². The third-order valence-corrected chi connectivity index (χ3v) is 5.84. The lowest BCUT2D eigenvalue weighted by molar-refractivity contribution is -0.116. The molecule has 2 aromatic carbocycles. The summed E-state index contributed by atoms with van der Waals surface area (Å²) in [5, 5.41) is 6.29. The van der Waals surface area contributed by atoms with Crippen molar-refractivity contribution in [3.63, 3.8) is 0 Å². The quantitative estimate of drug-likeness (QED) is 0.565. The van der Waals surface area contributed by atoms with Gasteiger partial charge in [-0.15, -0.1) is 0 Å². The molecule has 1 amide bonds. The van der Waals surface area contributed by atoms with Gasteiger partial charge in [-0.25, -0.2) is 0 Å². The van der Waals surface area contributed by atoms with Crippen LogP contribution in [0.15, 0.2) is 45.8 Å². The normalized spacial score (nSPS) is 17.5. The smallest absolute Gasteiger partial charge is 0.260 e. The van der Waals surface area contributed by atoms with Gasteiger partial charge in [0, 0.05) is 5.69 Å². The van der Waals surface area contributed by atoms with Gasteiger partial charge in [0.05, 0.1) is 23.1 Å². The van der Waals surface area contributed by atoms with E-state index in [1.54, 1.807) is 7.11 Å². The summed E-state index contributed by atoms with van der Waals surface area (Å²) in [4.78, 5) is 13.0. The zero-order chi connectivity index (χ0) is 20.1. The van der Waals surface area contributed by atoms with Crippen LogP contribution in [0.5, 0.6) is 11.5 Å².